The van der Waals surface area contributed by atoms with Crippen molar-refractivity contribution in [1.82, 2.24) is 9.97 Å². The maximum absolute atomic E-state index is 4.17. The molecule has 54 valence electrons. The van der Waals surface area contributed by atoms with Crippen molar-refractivity contribution >= 4 is 10.9 Å². The van der Waals surface area contributed by atoms with E-state index in [0.29, 0.717) is 0 Å². The van der Waals surface area contributed by atoms with Crippen LogP contribution in [0.3, 0.4) is 0 Å². The number of para-hydroxylation sites is 1. The summed E-state index contributed by atoms with van der Waals surface area (Å²) in [5.41, 5.74) is 2.24. The average molecular weight is 144 g/mol. The van der Waals surface area contributed by atoms with Crippen molar-refractivity contribution in [3.05, 3.63) is 36.3 Å². The third-order valence-corrected chi connectivity index (χ3v) is 1.74. The first kappa shape index (κ1) is 6.28. The normalized spacial score (nSPS) is 10.3. The fourth-order valence-corrected chi connectivity index (χ4v) is 1.17. The van der Waals surface area contributed by atoms with Gasteiger partial charge in [-0.15, -0.1) is 0 Å². The van der Waals surface area contributed by atoms with Gasteiger partial charge in [0, 0.05) is 11.6 Å². The minimum absolute atomic E-state index is 1.04. The first-order valence-electron chi connectivity index (χ1n) is 3.53. The second-order valence-electron chi connectivity index (χ2n) is 2.54. The summed E-state index contributed by atoms with van der Waals surface area (Å²) in [6.07, 6.45) is 3.41. The van der Waals surface area contributed by atoms with Crippen LogP contribution in [0.25, 0.3) is 10.9 Å². The molecule has 0 N–H and O–H groups in total. The molecule has 0 aliphatic heterocycles. The molecule has 0 fully saturated rings. The predicted molar refractivity (Wildman–Crippen MR) is 44.3 cm³/mol. The van der Waals surface area contributed by atoms with Crippen LogP contribution in [-0.4, -0.2) is 9.97 Å². The Morgan fingerprint density at radius 3 is 3.00 bits per heavy atom. The molecule has 0 saturated carbocycles. The summed E-state index contributed by atoms with van der Waals surface area (Å²) < 4.78 is 0. The molecule has 2 rings (SSSR count). The SMILES string of the molecule is Cc1cccc2cncnc12. The summed E-state index contributed by atoms with van der Waals surface area (Å²) in [6, 6.07) is 6.08. The highest BCUT2D eigenvalue weighted by Crippen LogP contribution is 2.12. The standard InChI is InChI=1S/C9H8N2/c1-7-3-2-4-8-5-10-6-11-9(7)8/h2-6H,1H3. The lowest BCUT2D eigenvalue weighted by Gasteiger charge is -1.97. The van der Waals surface area contributed by atoms with Crippen molar-refractivity contribution in [1.29, 1.82) is 0 Å². The van der Waals surface area contributed by atoms with E-state index in [-0.39, 0.29) is 0 Å². The highest BCUT2D eigenvalue weighted by Gasteiger charge is 1.94. The number of benzene rings is 1. The number of hydrogen-bond donors (Lipinski definition) is 0. The van der Waals surface area contributed by atoms with Crippen LogP contribution < -0.4 is 0 Å². The lowest BCUT2D eigenvalue weighted by Crippen LogP contribution is -1.83. The summed E-state index contributed by atoms with van der Waals surface area (Å²) in [7, 11) is 0. The molecule has 0 radical (unpaired) electrons. The van der Waals surface area contributed by atoms with Crippen molar-refractivity contribution in [3.63, 3.8) is 0 Å². The fourth-order valence-electron chi connectivity index (χ4n) is 1.17. The van der Waals surface area contributed by atoms with Crippen LogP contribution >= 0.6 is 0 Å². The van der Waals surface area contributed by atoms with E-state index < -0.39 is 0 Å². The molecule has 0 amide bonds. The van der Waals surface area contributed by atoms with Gasteiger partial charge in [-0.3, -0.25) is 0 Å². The van der Waals surface area contributed by atoms with Crippen LogP contribution in [0.2, 0.25) is 0 Å². The molecule has 1 aromatic heterocycles. The zero-order valence-corrected chi connectivity index (χ0v) is 6.28. The Hall–Kier alpha value is -1.44. The minimum Gasteiger partial charge on any atom is -0.244 e. The number of hydrogen-bond acceptors (Lipinski definition) is 2. The molecule has 11 heavy (non-hydrogen) atoms. The molecule has 1 heterocycles. The van der Waals surface area contributed by atoms with Gasteiger partial charge in [-0.25, -0.2) is 9.97 Å². The minimum atomic E-state index is 1.04. The van der Waals surface area contributed by atoms with Crippen LogP contribution in [0.1, 0.15) is 5.56 Å². The fraction of sp³-hybridized carbons (Fsp3) is 0.111. The van der Waals surface area contributed by atoms with Gasteiger partial charge in [0.2, 0.25) is 0 Å². The van der Waals surface area contributed by atoms with Gasteiger partial charge in [0.1, 0.15) is 6.33 Å². The molecule has 0 unspecified atom stereocenters. The number of aromatic nitrogens is 2. The number of rotatable bonds is 0. The van der Waals surface area contributed by atoms with Gasteiger partial charge in [0.15, 0.2) is 0 Å². The first-order chi connectivity index (χ1) is 5.38. The molecule has 2 nitrogen and oxygen atoms in total. The van der Waals surface area contributed by atoms with Crippen molar-refractivity contribution in [2.24, 2.45) is 0 Å². The summed E-state index contributed by atoms with van der Waals surface area (Å²) >= 11 is 0. The number of nitrogens with zero attached hydrogens (tertiary/aromatic N) is 2. The summed E-state index contributed by atoms with van der Waals surface area (Å²) in [6.45, 7) is 2.05. The van der Waals surface area contributed by atoms with E-state index in [0.717, 1.165) is 10.9 Å². The Bertz CT molecular complexity index is 377. The highest BCUT2D eigenvalue weighted by molar-refractivity contribution is 5.80. The summed E-state index contributed by atoms with van der Waals surface area (Å²) in [5, 5.41) is 1.10. The predicted octanol–water partition coefficient (Wildman–Crippen LogP) is 1.94. The van der Waals surface area contributed by atoms with Crippen LogP contribution in [0.4, 0.5) is 0 Å². The topological polar surface area (TPSA) is 25.8 Å². The first-order valence-corrected chi connectivity index (χ1v) is 3.53. The van der Waals surface area contributed by atoms with Crippen molar-refractivity contribution < 1.29 is 0 Å². The zero-order valence-electron chi connectivity index (χ0n) is 6.28. The Kier molecular flexibility index (Phi) is 1.32. The number of aryl methyl sites for hydroxylation is 1. The lowest BCUT2D eigenvalue weighted by atomic mass is 10.2. The number of fused-ring (bicyclic) bond motifs is 1. The summed E-state index contributed by atoms with van der Waals surface area (Å²) in [5.74, 6) is 0. The van der Waals surface area contributed by atoms with Crippen LogP contribution in [0, 0.1) is 6.92 Å². The van der Waals surface area contributed by atoms with E-state index >= 15 is 0 Å². The van der Waals surface area contributed by atoms with E-state index in [4.69, 9.17) is 0 Å². The second kappa shape index (κ2) is 2.31. The molecule has 1 aromatic carbocycles. The molecule has 0 aliphatic carbocycles. The van der Waals surface area contributed by atoms with Gasteiger partial charge >= 0.3 is 0 Å². The van der Waals surface area contributed by atoms with Gasteiger partial charge in [0.25, 0.3) is 0 Å². The van der Waals surface area contributed by atoms with Crippen molar-refractivity contribution in [3.8, 4) is 0 Å². The molecular weight excluding hydrogens is 136 g/mol. The Balaban J connectivity index is 2.91. The van der Waals surface area contributed by atoms with Crippen LogP contribution in [-0.2, 0) is 0 Å². The monoisotopic (exact) mass is 144 g/mol. The van der Waals surface area contributed by atoms with Gasteiger partial charge in [-0.2, -0.15) is 0 Å². The summed E-state index contributed by atoms with van der Waals surface area (Å²) in [4.78, 5) is 8.11. The third kappa shape index (κ3) is 0.963. The molecule has 0 saturated heterocycles. The van der Waals surface area contributed by atoms with E-state index in [2.05, 4.69) is 23.0 Å². The van der Waals surface area contributed by atoms with Crippen molar-refractivity contribution in [2.75, 3.05) is 0 Å². The smallest absolute Gasteiger partial charge is 0.116 e. The van der Waals surface area contributed by atoms with Gasteiger partial charge in [-0.05, 0) is 12.5 Å². The Morgan fingerprint density at radius 1 is 1.27 bits per heavy atom. The molecule has 2 heteroatoms. The van der Waals surface area contributed by atoms with Gasteiger partial charge in [-0.1, -0.05) is 18.2 Å². The Morgan fingerprint density at radius 2 is 2.18 bits per heavy atom. The van der Waals surface area contributed by atoms with E-state index in [1.54, 1.807) is 6.33 Å². The van der Waals surface area contributed by atoms with E-state index in [1.807, 2.05) is 18.3 Å². The van der Waals surface area contributed by atoms with Gasteiger partial charge < -0.3 is 0 Å². The molecule has 0 spiro atoms. The van der Waals surface area contributed by atoms with Crippen LogP contribution in [0.5, 0.6) is 0 Å². The van der Waals surface area contributed by atoms with Crippen molar-refractivity contribution in [2.45, 2.75) is 6.92 Å². The molecule has 0 aliphatic rings. The maximum atomic E-state index is 4.17. The highest BCUT2D eigenvalue weighted by atomic mass is 14.8. The second-order valence-corrected chi connectivity index (χ2v) is 2.54. The molecule has 2 aromatic rings. The zero-order chi connectivity index (χ0) is 7.68. The molecule has 0 atom stereocenters. The maximum Gasteiger partial charge on any atom is 0.116 e. The molecular formula is C9H8N2. The largest absolute Gasteiger partial charge is 0.244 e. The quantitative estimate of drug-likeness (QED) is 0.564. The molecule has 0 bridgehead atoms. The van der Waals surface area contributed by atoms with E-state index in [9.17, 15) is 0 Å². The van der Waals surface area contributed by atoms with Crippen LogP contribution in [0.15, 0.2) is 30.7 Å². The average Bonchev–Trinajstić information content (AvgIpc) is 2.06. The lowest BCUT2D eigenvalue weighted by molar-refractivity contribution is 1.21. The third-order valence-electron chi connectivity index (χ3n) is 1.74. The van der Waals surface area contributed by atoms with E-state index in [1.165, 1.54) is 5.56 Å². The van der Waals surface area contributed by atoms with Gasteiger partial charge in [0.05, 0.1) is 5.52 Å². The Labute approximate surface area is 64.9 Å².